The molecule has 108 valence electrons. The number of halogens is 1. The summed E-state index contributed by atoms with van der Waals surface area (Å²) in [6.07, 6.45) is 0. The van der Waals surface area contributed by atoms with Crippen LogP contribution in [0, 0.1) is 17.7 Å². The van der Waals surface area contributed by atoms with Crippen LogP contribution in [-0.4, -0.2) is 13.7 Å². The number of methoxy groups -OCH3 is 1. The number of hydrogen-bond acceptors (Lipinski definition) is 3. The standard InChI is InChI=1S/C17H16FNO2/c1-20-16-6-2-3-7-17(16)21-12-14-8-9-15(18)11-13(14)5-4-10-19/h2-3,6-9,11H,10,12,19H2,1H3. The van der Waals surface area contributed by atoms with Crippen molar-refractivity contribution in [1.29, 1.82) is 0 Å². The van der Waals surface area contributed by atoms with E-state index in [1.165, 1.54) is 12.1 Å². The van der Waals surface area contributed by atoms with Crippen LogP contribution in [0.4, 0.5) is 4.39 Å². The van der Waals surface area contributed by atoms with Gasteiger partial charge < -0.3 is 15.2 Å². The van der Waals surface area contributed by atoms with Gasteiger partial charge in [0, 0.05) is 11.1 Å². The van der Waals surface area contributed by atoms with Gasteiger partial charge in [0.05, 0.1) is 13.7 Å². The predicted molar refractivity (Wildman–Crippen MR) is 79.7 cm³/mol. The molecule has 4 heteroatoms. The van der Waals surface area contributed by atoms with E-state index in [0.717, 1.165) is 5.56 Å². The molecule has 0 heterocycles. The van der Waals surface area contributed by atoms with E-state index in [0.29, 0.717) is 17.1 Å². The van der Waals surface area contributed by atoms with Gasteiger partial charge >= 0.3 is 0 Å². The number of rotatable bonds is 4. The number of hydrogen-bond donors (Lipinski definition) is 1. The summed E-state index contributed by atoms with van der Waals surface area (Å²) in [5, 5.41) is 0. The second kappa shape index (κ2) is 7.32. The second-order valence-corrected chi connectivity index (χ2v) is 4.25. The molecule has 0 spiro atoms. The van der Waals surface area contributed by atoms with Crippen LogP contribution in [0.5, 0.6) is 11.5 Å². The van der Waals surface area contributed by atoms with Gasteiger partial charge in [-0.2, -0.15) is 0 Å². The average Bonchev–Trinajstić information content (AvgIpc) is 2.52. The van der Waals surface area contributed by atoms with Crippen molar-refractivity contribution in [3.05, 3.63) is 59.4 Å². The van der Waals surface area contributed by atoms with Gasteiger partial charge in [-0.3, -0.25) is 0 Å². The highest BCUT2D eigenvalue weighted by atomic mass is 19.1. The molecule has 0 saturated carbocycles. The van der Waals surface area contributed by atoms with E-state index in [1.807, 2.05) is 24.3 Å². The Morgan fingerprint density at radius 1 is 1.14 bits per heavy atom. The minimum atomic E-state index is -0.336. The van der Waals surface area contributed by atoms with Crippen molar-refractivity contribution in [3.8, 4) is 23.3 Å². The summed E-state index contributed by atoms with van der Waals surface area (Å²) in [5.74, 6) is 6.51. The lowest BCUT2D eigenvalue weighted by molar-refractivity contribution is 0.284. The zero-order valence-corrected chi connectivity index (χ0v) is 11.7. The minimum Gasteiger partial charge on any atom is -0.493 e. The Morgan fingerprint density at radius 3 is 2.62 bits per heavy atom. The highest BCUT2D eigenvalue weighted by Crippen LogP contribution is 2.27. The Bertz CT molecular complexity index is 674. The molecule has 0 fully saturated rings. The molecule has 2 aromatic carbocycles. The fourth-order valence-electron chi connectivity index (χ4n) is 1.83. The van der Waals surface area contributed by atoms with Gasteiger partial charge in [-0.25, -0.2) is 4.39 Å². The van der Waals surface area contributed by atoms with Crippen molar-refractivity contribution in [1.82, 2.24) is 0 Å². The number of ether oxygens (including phenoxy) is 2. The summed E-state index contributed by atoms with van der Waals surface area (Å²) < 4.78 is 24.2. The lowest BCUT2D eigenvalue weighted by atomic mass is 10.1. The first-order valence-electron chi connectivity index (χ1n) is 6.47. The van der Waals surface area contributed by atoms with E-state index in [1.54, 1.807) is 13.2 Å². The molecule has 3 nitrogen and oxygen atoms in total. The van der Waals surface area contributed by atoms with Crippen molar-refractivity contribution >= 4 is 0 Å². The highest BCUT2D eigenvalue weighted by molar-refractivity contribution is 5.43. The monoisotopic (exact) mass is 285 g/mol. The van der Waals surface area contributed by atoms with Crippen LogP contribution in [0.1, 0.15) is 11.1 Å². The maximum absolute atomic E-state index is 13.3. The molecule has 0 saturated heterocycles. The third-order valence-corrected chi connectivity index (χ3v) is 2.85. The molecule has 0 aromatic heterocycles. The maximum Gasteiger partial charge on any atom is 0.161 e. The Morgan fingerprint density at radius 2 is 1.90 bits per heavy atom. The zero-order valence-electron chi connectivity index (χ0n) is 11.7. The van der Waals surface area contributed by atoms with Crippen molar-refractivity contribution in [2.24, 2.45) is 5.73 Å². The van der Waals surface area contributed by atoms with Crippen LogP contribution in [0.25, 0.3) is 0 Å². The van der Waals surface area contributed by atoms with E-state index in [-0.39, 0.29) is 19.0 Å². The van der Waals surface area contributed by atoms with E-state index in [2.05, 4.69) is 11.8 Å². The van der Waals surface area contributed by atoms with Crippen molar-refractivity contribution in [2.75, 3.05) is 13.7 Å². The molecule has 0 aliphatic rings. The molecule has 0 aliphatic heterocycles. The summed E-state index contributed by atoms with van der Waals surface area (Å²) in [6.45, 7) is 0.499. The van der Waals surface area contributed by atoms with Crippen LogP contribution >= 0.6 is 0 Å². The summed E-state index contributed by atoms with van der Waals surface area (Å²) in [6, 6.07) is 11.8. The van der Waals surface area contributed by atoms with Gasteiger partial charge in [0.2, 0.25) is 0 Å². The molecular weight excluding hydrogens is 269 g/mol. The average molecular weight is 285 g/mol. The van der Waals surface area contributed by atoms with Crippen molar-refractivity contribution in [2.45, 2.75) is 6.61 Å². The number of nitrogens with two attached hydrogens (primary N) is 1. The largest absolute Gasteiger partial charge is 0.493 e. The second-order valence-electron chi connectivity index (χ2n) is 4.25. The van der Waals surface area contributed by atoms with Crippen LogP contribution in [0.2, 0.25) is 0 Å². The van der Waals surface area contributed by atoms with Gasteiger partial charge in [0.15, 0.2) is 11.5 Å². The van der Waals surface area contributed by atoms with Crippen LogP contribution in [0.15, 0.2) is 42.5 Å². The van der Waals surface area contributed by atoms with Gasteiger partial charge in [0.1, 0.15) is 12.4 Å². The first-order chi connectivity index (χ1) is 10.2. The zero-order chi connectivity index (χ0) is 15.1. The molecule has 0 aliphatic carbocycles. The fraction of sp³-hybridized carbons (Fsp3) is 0.176. The quantitative estimate of drug-likeness (QED) is 0.878. The first-order valence-corrected chi connectivity index (χ1v) is 6.47. The third-order valence-electron chi connectivity index (χ3n) is 2.85. The van der Waals surface area contributed by atoms with Crippen LogP contribution < -0.4 is 15.2 Å². The van der Waals surface area contributed by atoms with Crippen molar-refractivity contribution in [3.63, 3.8) is 0 Å². The van der Waals surface area contributed by atoms with Gasteiger partial charge in [-0.1, -0.05) is 30.0 Å². The highest BCUT2D eigenvalue weighted by Gasteiger charge is 2.06. The topological polar surface area (TPSA) is 44.5 Å². The summed E-state index contributed by atoms with van der Waals surface area (Å²) in [4.78, 5) is 0. The fourth-order valence-corrected chi connectivity index (χ4v) is 1.83. The lowest BCUT2D eigenvalue weighted by Crippen LogP contribution is -2.01. The van der Waals surface area contributed by atoms with Crippen molar-refractivity contribution < 1.29 is 13.9 Å². The van der Waals surface area contributed by atoms with Crippen LogP contribution in [0.3, 0.4) is 0 Å². The Hall–Kier alpha value is -2.51. The molecule has 0 amide bonds. The molecular formula is C17H16FNO2. The Balaban J connectivity index is 2.20. The molecule has 0 unspecified atom stereocenters. The van der Waals surface area contributed by atoms with Crippen LogP contribution in [-0.2, 0) is 6.61 Å². The molecule has 0 atom stereocenters. The van der Waals surface area contributed by atoms with Gasteiger partial charge in [-0.05, 0) is 24.3 Å². The maximum atomic E-state index is 13.3. The third kappa shape index (κ3) is 3.98. The van der Waals surface area contributed by atoms with E-state index >= 15 is 0 Å². The Labute approximate surface area is 123 Å². The summed E-state index contributed by atoms with van der Waals surface area (Å²) >= 11 is 0. The normalized spacial score (nSPS) is 9.67. The summed E-state index contributed by atoms with van der Waals surface area (Å²) in [7, 11) is 1.58. The molecule has 0 radical (unpaired) electrons. The number of benzene rings is 2. The number of para-hydroxylation sites is 2. The first kappa shape index (κ1) is 14.9. The lowest BCUT2D eigenvalue weighted by Gasteiger charge is -2.11. The Kier molecular flexibility index (Phi) is 5.19. The van der Waals surface area contributed by atoms with E-state index < -0.39 is 0 Å². The molecule has 2 rings (SSSR count). The molecule has 0 bridgehead atoms. The molecule has 21 heavy (non-hydrogen) atoms. The molecule has 2 N–H and O–H groups in total. The molecule has 2 aromatic rings. The van der Waals surface area contributed by atoms with Gasteiger partial charge in [0.25, 0.3) is 0 Å². The smallest absolute Gasteiger partial charge is 0.161 e. The van der Waals surface area contributed by atoms with Gasteiger partial charge in [-0.15, -0.1) is 0 Å². The summed E-state index contributed by atoms with van der Waals surface area (Å²) in [5.41, 5.74) is 6.73. The SMILES string of the molecule is COc1ccccc1OCc1ccc(F)cc1C#CCN. The predicted octanol–water partition coefficient (Wildman–Crippen LogP) is 2.72. The van der Waals surface area contributed by atoms with E-state index in [9.17, 15) is 4.39 Å². The van der Waals surface area contributed by atoms with E-state index in [4.69, 9.17) is 15.2 Å². The minimum absolute atomic E-state index is 0.226.